The second kappa shape index (κ2) is 6.69. The largest absolute Gasteiger partial charge is 0.480 e. The van der Waals surface area contributed by atoms with Gasteiger partial charge in [-0.25, -0.2) is 4.79 Å². The van der Waals surface area contributed by atoms with Gasteiger partial charge in [0.25, 0.3) is 5.91 Å². The Balaban J connectivity index is 2.85. The lowest BCUT2D eigenvalue weighted by Gasteiger charge is -2.13. The Morgan fingerprint density at radius 2 is 2.15 bits per heavy atom. The lowest BCUT2D eigenvalue weighted by Crippen LogP contribution is -2.43. The highest BCUT2D eigenvalue weighted by molar-refractivity contribution is 5.96. The minimum atomic E-state index is -1.34. The Kier molecular flexibility index (Phi) is 5.24. The van der Waals surface area contributed by atoms with E-state index in [4.69, 9.17) is 5.11 Å². The molecule has 1 atom stereocenters. The van der Waals surface area contributed by atoms with Crippen LogP contribution in [0.1, 0.15) is 29.5 Å². The fourth-order valence-corrected chi connectivity index (χ4v) is 1.65. The van der Waals surface area contributed by atoms with Gasteiger partial charge in [-0.1, -0.05) is 0 Å². The highest BCUT2D eigenvalue weighted by atomic mass is 16.5. The van der Waals surface area contributed by atoms with Crippen molar-refractivity contribution in [1.29, 1.82) is 0 Å². The van der Waals surface area contributed by atoms with Crippen molar-refractivity contribution in [1.82, 2.24) is 15.1 Å². The van der Waals surface area contributed by atoms with Crippen molar-refractivity contribution in [3.63, 3.8) is 0 Å². The quantitative estimate of drug-likeness (QED) is 0.709. The summed E-state index contributed by atoms with van der Waals surface area (Å²) in [6.45, 7) is 4.02. The van der Waals surface area contributed by atoms with Crippen molar-refractivity contribution in [3.8, 4) is 0 Å². The van der Waals surface area contributed by atoms with Gasteiger partial charge in [-0.3, -0.25) is 14.3 Å². The maximum atomic E-state index is 12.0. The normalized spacial score (nSPS) is 11.8. The molecule has 0 unspecified atom stereocenters. The lowest BCUT2D eigenvalue weighted by atomic mass is 10.2. The number of carbonyl (C=O) groups excluding carboxylic acids is 2. The molecule has 1 aromatic heterocycles. The SMILES string of the molecule is CCn1nc(C)cc1C(=O)N[C@@H](CC(=O)OC)C(=O)O. The molecule has 20 heavy (non-hydrogen) atoms. The fourth-order valence-electron chi connectivity index (χ4n) is 1.65. The Hall–Kier alpha value is -2.38. The average molecular weight is 283 g/mol. The van der Waals surface area contributed by atoms with Crippen LogP contribution >= 0.6 is 0 Å². The first kappa shape index (κ1) is 15.7. The summed E-state index contributed by atoms with van der Waals surface area (Å²) in [6, 6.07) is 0.214. The highest BCUT2D eigenvalue weighted by Crippen LogP contribution is 2.05. The van der Waals surface area contributed by atoms with Crippen molar-refractivity contribution in [3.05, 3.63) is 17.5 Å². The molecule has 1 heterocycles. The van der Waals surface area contributed by atoms with Crippen LogP contribution in [0.4, 0.5) is 0 Å². The molecular formula is C12H17N3O5. The molecule has 1 rings (SSSR count). The van der Waals surface area contributed by atoms with E-state index < -0.39 is 30.3 Å². The number of ether oxygens (including phenoxy) is 1. The van der Waals surface area contributed by atoms with Crippen LogP contribution in [0, 0.1) is 6.92 Å². The number of hydrogen-bond acceptors (Lipinski definition) is 5. The van der Waals surface area contributed by atoms with Crippen LogP contribution < -0.4 is 5.32 Å². The molecule has 0 fully saturated rings. The van der Waals surface area contributed by atoms with Crippen molar-refractivity contribution in [2.45, 2.75) is 32.9 Å². The van der Waals surface area contributed by atoms with Crippen molar-refractivity contribution < 1.29 is 24.2 Å². The fraction of sp³-hybridized carbons (Fsp3) is 0.500. The minimum absolute atomic E-state index is 0.251. The highest BCUT2D eigenvalue weighted by Gasteiger charge is 2.25. The molecule has 0 saturated heterocycles. The zero-order chi connectivity index (χ0) is 15.3. The summed E-state index contributed by atoms with van der Waals surface area (Å²) < 4.78 is 5.86. The summed E-state index contributed by atoms with van der Waals surface area (Å²) in [6.07, 6.45) is -0.434. The first-order valence-electron chi connectivity index (χ1n) is 6.04. The maximum Gasteiger partial charge on any atom is 0.326 e. The number of esters is 1. The van der Waals surface area contributed by atoms with E-state index in [-0.39, 0.29) is 5.69 Å². The van der Waals surface area contributed by atoms with Gasteiger partial charge in [0.1, 0.15) is 11.7 Å². The van der Waals surface area contributed by atoms with Gasteiger partial charge in [0.05, 0.1) is 19.2 Å². The van der Waals surface area contributed by atoms with E-state index in [1.54, 1.807) is 13.0 Å². The molecule has 0 bridgehead atoms. The number of hydrogen-bond donors (Lipinski definition) is 2. The molecule has 0 aromatic carbocycles. The number of carboxylic acid groups (broad SMARTS) is 1. The van der Waals surface area contributed by atoms with Crippen LogP contribution in [-0.2, 0) is 20.9 Å². The van der Waals surface area contributed by atoms with Crippen LogP contribution in [0.25, 0.3) is 0 Å². The van der Waals surface area contributed by atoms with Gasteiger partial charge in [-0.05, 0) is 19.9 Å². The number of aliphatic carboxylic acids is 1. The lowest BCUT2D eigenvalue weighted by molar-refractivity contribution is -0.147. The van der Waals surface area contributed by atoms with E-state index >= 15 is 0 Å². The molecule has 0 aliphatic rings. The Labute approximate surface area is 115 Å². The summed E-state index contributed by atoms with van der Waals surface area (Å²) in [4.78, 5) is 34.2. The topological polar surface area (TPSA) is 111 Å². The molecule has 8 nitrogen and oxygen atoms in total. The van der Waals surface area contributed by atoms with Crippen molar-refractivity contribution in [2.24, 2.45) is 0 Å². The molecule has 1 amide bonds. The minimum Gasteiger partial charge on any atom is -0.480 e. The molecule has 2 N–H and O–H groups in total. The summed E-state index contributed by atoms with van der Waals surface area (Å²) in [5.74, 6) is -2.61. The van der Waals surface area contributed by atoms with Crippen LogP contribution in [0.2, 0.25) is 0 Å². The van der Waals surface area contributed by atoms with Gasteiger partial charge in [-0.15, -0.1) is 0 Å². The summed E-state index contributed by atoms with van der Waals surface area (Å²) in [5, 5.41) is 15.4. The molecule has 0 radical (unpaired) electrons. The molecule has 0 saturated carbocycles. The number of methoxy groups -OCH3 is 1. The molecule has 1 aromatic rings. The van der Waals surface area contributed by atoms with E-state index in [1.807, 2.05) is 6.92 Å². The standard InChI is InChI=1S/C12H17N3O5/c1-4-15-9(5-7(2)14-15)11(17)13-8(12(18)19)6-10(16)20-3/h5,8H,4,6H2,1-3H3,(H,13,17)(H,18,19)/t8-/m0/s1. The van der Waals surface area contributed by atoms with E-state index in [9.17, 15) is 14.4 Å². The third-order valence-electron chi connectivity index (χ3n) is 2.64. The van der Waals surface area contributed by atoms with E-state index in [2.05, 4.69) is 15.2 Å². The number of carboxylic acids is 1. The summed E-state index contributed by atoms with van der Waals surface area (Å²) >= 11 is 0. The van der Waals surface area contributed by atoms with Crippen molar-refractivity contribution in [2.75, 3.05) is 7.11 Å². The number of nitrogens with one attached hydrogen (secondary N) is 1. The molecule has 0 aliphatic carbocycles. The molecular weight excluding hydrogens is 266 g/mol. The Morgan fingerprint density at radius 1 is 1.50 bits per heavy atom. The van der Waals surface area contributed by atoms with E-state index in [1.165, 1.54) is 4.68 Å². The summed E-state index contributed by atoms with van der Waals surface area (Å²) in [7, 11) is 1.15. The number of aryl methyl sites for hydroxylation is 2. The molecule has 110 valence electrons. The zero-order valence-corrected chi connectivity index (χ0v) is 11.5. The van der Waals surface area contributed by atoms with Gasteiger partial charge in [0.2, 0.25) is 0 Å². The monoisotopic (exact) mass is 283 g/mol. The number of amides is 1. The van der Waals surface area contributed by atoms with E-state index in [0.717, 1.165) is 7.11 Å². The van der Waals surface area contributed by atoms with E-state index in [0.29, 0.717) is 12.2 Å². The predicted octanol–water partition coefficient (Wildman–Crippen LogP) is -0.0425. The first-order valence-corrected chi connectivity index (χ1v) is 6.04. The van der Waals surface area contributed by atoms with Crippen LogP contribution in [0.5, 0.6) is 0 Å². The predicted molar refractivity (Wildman–Crippen MR) is 68.2 cm³/mol. The maximum absolute atomic E-state index is 12.0. The second-order valence-electron chi connectivity index (χ2n) is 4.13. The summed E-state index contributed by atoms with van der Waals surface area (Å²) in [5.41, 5.74) is 0.901. The van der Waals surface area contributed by atoms with Crippen LogP contribution in [0.15, 0.2) is 6.07 Å². The van der Waals surface area contributed by atoms with Crippen molar-refractivity contribution >= 4 is 17.8 Å². The Bertz CT molecular complexity index is 523. The molecule has 8 heteroatoms. The third-order valence-corrected chi connectivity index (χ3v) is 2.64. The average Bonchev–Trinajstić information content (AvgIpc) is 2.78. The number of nitrogens with zero attached hydrogens (tertiary/aromatic N) is 2. The van der Waals surface area contributed by atoms with Gasteiger partial charge >= 0.3 is 11.9 Å². The molecule has 0 spiro atoms. The number of rotatable bonds is 6. The van der Waals surface area contributed by atoms with Gasteiger partial charge < -0.3 is 15.2 Å². The third kappa shape index (κ3) is 3.81. The number of aromatic nitrogens is 2. The van der Waals surface area contributed by atoms with Gasteiger partial charge in [-0.2, -0.15) is 5.10 Å². The second-order valence-corrected chi connectivity index (χ2v) is 4.13. The van der Waals surface area contributed by atoms with Gasteiger partial charge in [0, 0.05) is 6.54 Å². The number of carbonyl (C=O) groups is 3. The zero-order valence-electron chi connectivity index (χ0n) is 11.5. The smallest absolute Gasteiger partial charge is 0.326 e. The molecule has 0 aliphatic heterocycles. The Morgan fingerprint density at radius 3 is 2.65 bits per heavy atom. The first-order chi connectivity index (χ1) is 9.38. The van der Waals surface area contributed by atoms with Crippen LogP contribution in [0.3, 0.4) is 0 Å². The van der Waals surface area contributed by atoms with Gasteiger partial charge in [0.15, 0.2) is 0 Å². The van der Waals surface area contributed by atoms with Crippen LogP contribution in [-0.4, -0.2) is 45.9 Å².